The van der Waals surface area contributed by atoms with Crippen LogP contribution in [0.2, 0.25) is 0 Å². The first-order valence-corrected chi connectivity index (χ1v) is 13.7. The van der Waals surface area contributed by atoms with Crippen LogP contribution in [0.15, 0.2) is 83.8 Å². The third-order valence-corrected chi connectivity index (χ3v) is 7.79. The Labute approximate surface area is 220 Å². The van der Waals surface area contributed by atoms with Crippen LogP contribution < -0.4 is 9.62 Å². The molecule has 0 spiro atoms. The molecule has 0 aliphatic rings. The highest BCUT2D eigenvalue weighted by Gasteiger charge is 2.32. The van der Waals surface area contributed by atoms with Crippen LogP contribution in [-0.2, 0) is 26.2 Å². The first-order chi connectivity index (χ1) is 17.5. The van der Waals surface area contributed by atoms with Gasteiger partial charge in [0.15, 0.2) is 0 Å². The van der Waals surface area contributed by atoms with Crippen molar-refractivity contribution in [3.63, 3.8) is 0 Å². The SMILES string of the molecule is Cc1ccc(CN(C(=O)CN(c2ccc(C)cc2)S(=O)(=O)c2ccccc2)C(C)C(=O)NC(C)C)cc1. The van der Waals surface area contributed by atoms with Crippen molar-refractivity contribution in [1.82, 2.24) is 10.2 Å². The van der Waals surface area contributed by atoms with Gasteiger partial charge in [0.2, 0.25) is 11.8 Å². The number of anilines is 1. The normalized spacial score (nSPS) is 12.2. The van der Waals surface area contributed by atoms with Crippen LogP contribution in [-0.4, -0.2) is 43.8 Å². The van der Waals surface area contributed by atoms with E-state index in [1.54, 1.807) is 49.4 Å². The zero-order chi connectivity index (χ0) is 27.2. The smallest absolute Gasteiger partial charge is 0.264 e. The lowest BCUT2D eigenvalue weighted by atomic mass is 10.1. The number of nitrogens with one attached hydrogen (secondary N) is 1. The molecule has 1 unspecified atom stereocenters. The number of hydrogen-bond acceptors (Lipinski definition) is 4. The van der Waals surface area contributed by atoms with E-state index in [0.29, 0.717) is 5.69 Å². The van der Waals surface area contributed by atoms with Gasteiger partial charge in [0.05, 0.1) is 10.6 Å². The third kappa shape index (κ3) is 7.20. The Bertz CT molecular complexity index is 1310. The summed E-state index contributed by atoms with van der Waals surface area (Å²) in [6, 6.07) is 21.8. The van der Waals surface area contributed by atoms with E-state index < -0.39 is 28.5 Å². The van der Waals surface area contributed by atoms with Crippen molar-refractivity contribution in [2.45, 2.75) is 58.1 Å². The quantitative estimate of drug-likeness (QED) is 0.427. The van der Waals surface area contributed by atoms with E-state index in [1.165, 1.54) is 17.0 Å². The molecule has 0 heterocycles. The van der Waals surface area contributed by atoms with Gasteiger partial charge in [0.1, 0.15) is 12.6 Å². The monoisotopic (exact) mass is 521 g/mol. The van der Waals surface area contributed by atoms with Crippen LogP contribution in [0.4, 0.5) is 5.69 Å². The summed E-state index contributed by atoms with van der Waals surface area (Å²) in [6.45, 7) is 8.95. The lowest BCUT2D eigenvalue weighted by Gasteiger charge is -2.32. The number of nitrogens with zero attached hydrogens (tertiary/aromatic N) is 2. The third-order valence-electron chi connectivity index (χ3n) is 6.00. The predicted molar refractivity (Wildman–Crippen MR) is 147 cm³/mol. The number of aryl methyl sites for hydroxylation is 2. The van der Waals surface area contributed by atoms with Crippen molar-refractivity contribution in [2.24, 2.45) is 0 Å². The fourth-order valence-corrected chi connectivity index (χ4v) is 5.27. The van der Waals surface area contributed by atoms with Gasteiger partial charge in [-0.1, -0.05) is 65.7 Å². The fraction of sp³-hybridized carbons (Fsp3) is 0.310. The minimum absolute atomic E-state index is 0.0825. The average molecular weight is 522 g/mol. The highest BCUT2D eigenvalue weighted by Crippen LogP contribution is 2.25. The maximum Gasteiger partial charge on any atom is 0.264 e. The number of carbonyl (C=O) groups excluding carboxylic acids is 2. The summed E-state index contributed by atoms with van der Waals surface area (Å²) in [5.41, 5.74) is 3.26. The van der Waals surface area contributed by atoms with Crippen LogP contribution in [0.3, 0.4) is 0 Å². The molecule has 3 rings (SSSR count). The molecule has 8 heteroatoms. The lowest BCUT2D eigenvalue weighted by Crippen LogP contribution is -2.52. The summed E-state index contributed by atoms with van der Waals surface area (Å²) < 4.78 is 28.5. The highest BCUT2D eigenvalue weighted by atomic mass is 32.2. The van der Waals surface area contributed by atoms with Gasteiger partial charge < -0.3 is 10.2 Å². The molecule has 3 aromatic rings. The Balaban J connectivity index is 2.00. The molecule has 0 bridgehead atoms. The number of hydrogen-bond donors (Lipinski definition) is 1. The Morgan fingerprint density at radius 3 is 1.89 bits per heavy atom. The first-order valence-electron chi connectivity index (χ1n) is 12.3. The number of rotatable bonds is 10. The molecule has 1 atom stereocenters. The van der Waals surface area contributed by atoms with E-state index in [4.69, 9.17) is 0 Å². The lowest BCUT2D eigenvalue weighted by molar-refractivity contribution is -0.139. The van der Waals surface area contributed by atoms with Crippen LogP contribution in [0.5, 0.6) is 0 Å². The Morgan fingerprint density at radius 1 is 0.811 bits per heavy atom. The number of sulfonamides is 1. The van der Waals surface area contributed by atoms with Crippen LogP contribution >= 0.6 is 0 Å². The largest absolute Gasteiger partial charge is 0.352 e. The van der Waals surface area contributed by atoms with Gasteiger partial charge in [0.25, 0.3) is 10.0 Å². The summed E-state index contributed by atoms with van der Waals surface area (Å²) in [6.07, 6.45) is 0. The summed E-state index contributed by atoms with van der Waals surface area (Å²) >= 11 is 0. The average Bonchev–Trinajstić information content (AvgIpc) is 2.87. The summed E-state index contributed by atoms with van der Waals surface area (Å²) in [5.74, 6) is -0.782. The van der Waals surface area contributed by atoms with E-state index >= 15 is 0 Å². The van der Waals surface area contributed by atoms with Crippen LogP contribution in [0.25, 0.3) is 0 Å². The fourth-order valence-electron chi connectivity index (χ4n) is 3.84. The van der Waals surface area contributed by atoms with Crippen molar-refractivity contribution >= 4 is 27.5 Å². The minimum atomic E-state index is -4.05. The molecule has 0 saturated heterocycles. The number of amides is 2. The Morgan fingerprint density at radius 2 is 1.35 bits per heavy atom. The molecule has 0 aliphatic heterocycles. The van der Waals surface area contributed by atoms with Crippen molar-refractivity contribution in [1.29, 1.82) is 0 Å². The molecule has 0 aromatic heterocycles. The van der Waals surface area contributed by atoms with Gasteiger partial charge in [-0.3, -0.25) is 13.9 Å². The molecule has 0 aliphatic carbocycles. The zero-order valence-electron chi connectivity index (χ0n) is 22.0. The van der Waals surface area contributed by atoms with Crippen molar-refractivity contribution in [2.75, 3.05) is 10.8 Å². The van der Waals surface area contributed by atoms with Crippen molar-refractivity contribution < 1.29 is 18.0 Å². The second-order valence-electron chi connectivity index (χ2n) is 9.51. The molecule has 2 amide bonds. The van der Waals surface area contributed by atoms with E-state index in [2.05, 4.69) is 5.32 Å². The molecule has 37 heavy (non-hydrogen) atoms. The molecular formula is C29H35N3O4S. The first kappa shape index (κ1) is 27.9. The number of benzene rings is 3. The van der Waals surface area contributed by atoms with Gasteiger partial charge in [-0.15, -0.1) is 0 Å². The molecule has 0 saturated carbocycles. The molecule has 3 aromatic carbocycles. The van der Waals surface area contributed by atoms with Gasteiger partial charge >= 0.3 is 0 Å². The van der Waals surface area contributed by atoms with E-state index in [-0.39, 0.29) is 23.4 Å². The number of carbonyl (C=O) groups is 2. The molecule has 0 fully saturated rings. The van der Waals surface area contributed by atoms with E-state index in [9.17, 15) is 18.0 Å². The molecule has 0 radical (unpaired) electrons. The van der Waals surface area contributed by atoms with Crippen molar-refractivity contribution in [3.8, 4) is 0 Å². The molecule has 196 valence electrons. The van der Waals surface area contributed by atoms with E-state index in [0.717, 1.165) is 21.0 Å². The summed E-state index contributed by atoms with van der Waals surface area (Å²) in [4.78, 5) is 28.3. The van der Waals surface area contributed by atoms with Gasteiger partial charge in [-0.2, -0.15) is 0 Å². The van der Waals surface area contributed by atoms with Gasteiger partial charge in [-0.25, -0.2) is 8.42 Å². The Kier molecular flexibility index (Phi) is 9.10. The zero-order valence-corrected chi connectivity index (χ0v) is 22.8. The van der Waals surface area contributed by atoms with Gasteiger partial charge in [0, 0.05) is 12.6 Å². The van der Waals surface area contributed by atoms with Crippen LogP contribution in [0, 0.1) is 13.8 Å². The maximum atomic E-state index is 13.8. The predicted octanol–water partition coefficient (Wildman–Crippen LogP) is 4.44. The molecule has 1 N–H and O–H groups in total. The standard InChI is InChI=1S/C29H35N3O4S/c1-21(2)30-29(34)24(5)31(19-25-15-11-22(3)12-16-25)28(33)20-32(26-17-13-23(4)14-18-26)37(35,36)27-9-7-6-8-10-27/h6-18,21,24H,19-20H2,1-5H3,(H,30,34). The van der Waals surface area contributed by atoms with Gasteiger partial charge in [-0.05, 0) is 64.4 Å². The summed E-state index contributed by atoms with van der Waals surface area (Å²) in [7, 11) is -4.05. The molecular weight excluding hydrogens is 486 g/mol. The van der Waals surface area contributed by atoms with Crippen molar-refractivity contribution in [3.05, 3.63) is 95.6 Å². The Hall–Kier alpha value is -3.65. The topological polar surface area (TPSA) is 86.8 Å². The minimum Gasteiger partial charge on any atom is -0.352 e. The second kappa shape index (κ2) is 12.1. The maximum absolute atomic E-state index is 13.8. The van der Waals surface area contributed by atoms with Crippen LogP contribution in [0.1, 0.15) is 37.5 Å². The highest BCUT2D eigenvalue weighted by molar-refractivity contribution is 7.92. The second-order valence-corrected chi connectivity index (χ2v) is 11.4. The molecule has 7 nitrogen and oxygen atoms in total. The summed E-state index contributed by atoms with van der Waals surface area (Å²) in [5, 5.41) is 2.86. The van der Waals surface area contributed by atoms with E-state index in [1.807, 2.05) is 52.0 Å².